The molecule has 2 N–H and O–H groups in total. The van der Waals surface area contributed by atoms with Gasteiger partial charge < -0.3 is 15.1 Å². The molecule has 1 aromatic carbocycles. The normalized spacial score (nSPS) is 11.4. The van der Waals surface area contributed by atoms with E-state index in [0.29, 0.717) is 34.9 Å². The summed E-state index contributed by atoms with van der Waals surface area (Å²) in [6.07, 6.45) is 1.73. The van der Waals surface area contributed by atoms with Crippen LogP contribution in [0.2, 0.25) is 0 Å². The standard InChI is InChI=1S/C22H24N6O3S/c1-4-32-22-26-19(25-13(2)3)15-12-24-28(20(15)27-22)10-9-23-21(30)18-11-16(29)14-7-5-6-8-17(14)31-18/h5-8,11-13H,4,9-10H2,1-3H3,(H,23,30)(H,25,26,27). The zero-order chi connectivity index (χ0) is 22.7. The number of hydrogen-bond donors (Lipinski definition) is 2. The molecular weight excluding hydrogens is 428 g/mol. The fourth-order valence-electron chi connectivity index (χ4n) is 3.25. The Balaban J connectivity index is 1.51. The number of fused-ring (bicyclic) bond motifs is 2. The molecule has 10 heteroatoms. The van der Waals surface area contributed by atoms with E-state index in [0.717, 1.165) is 17.0 Å². The lowest BCUT2D eigenvalue weighted by atomic mass is 10.2. The van der Waals surface area contributed by atoms with Crippen LogP contribution in [-0.2, 0) is 6.54 Å². The van der Waals surface area contributed by atoms with E-state index in [1.165, 1.54) is 6.07 Å². The lowest BCUT2D eigenvalue weighted by Crippen LogP contribution is -2.28. The van der Waals surface area contributed by atoms with E-state index in [1.54, 1.807) is 46.9 Å². The maximum absolute atomic E-state index is 12.5. The van der Waals surface area contributed by atoms with Crippen LogP contribution >= 0.6 is 11.8 Å². The van der Waals surface area contributed by atoms with Gasteiger partial charge in [-0.2, -0.15) is 5.10 Å². The predicted octanol–water partition coefficient (Wildman–Crippen LogP) is 3.30. The smallest absolute Gasteiger partial charge is 0.287 e. The van der Waals surface area contributed by atoms with Crippen LogP contribution in [0.15, 0.2) is 50.9 Å². The molecular formula is C22H24N6O3S. The number of thioether (sulfide) groups is 1. The first-order valence-electron chi connectivity index (χ1n) is 10.4. The quantitative estimate of drug-likeness (QED) is 0.309. The Morgan fingerprint density at radius 3 is 2.81 bits per heavy atom. The molecule has 0 spiro atoms. The Kier molecular flexibility index (Phi) is 6.40. The molecule has 0 aliphatic carbocycles. The van der Waals surface area contributed by atoms with Crippen LogP contribution in [0, 0.1) is 0 Å². The summed E-state index contributed by atoms with van der Waals surface area (Å²) < 4.78 is 7.33. The molecule has 0 unspecified atom stereocenters. The second kappa shape index (κ2) is 9.39. The van der Waals surface area contributed by atoms with Crippen molar-refractivity contribution in [2.24, 2.45) is 0 Å². The number of hydrogen-bond acceptors (Lipinski definition) is 8. The van der Waals surface area contributed by atoms with E-state index in [9.17, 15) is 9.59 Å². The fraction of sp³-hybridized carbons (Fsp3) is 0.318. The fourth-order valence-corrected chi connectivity index (χ4v) is 3.82. The molecule has 0 saturated heterocycles. The lowest BCUT2D eigenvalue weighted by molar-refractivity contribution is 0.0925. The van der Waals surface area contributed by atoms with E-state index >= 15 is 0 Å². The van der Waals surface area contributed by atoms with Gasteiger partial charge in [-0.3, -0.25) is 9.59 Å². The summed E-state index contributed by atoms with van der Waals surface area (Å²) in [5, 5.41) is 12.5. The number of carbonyl (C=O) groups is 1. The SMILES string of the molecule is CCSc1nc(NC(C)C)c2cnn(CCNC(=O)c3cc(=O)c4ccccc4o3)c2n1. The molecule has 0 aliphatic rings. The minimum Gasteiger partial charge on any atom is -0.451 e. The van der Waals surface area contributed by atoms with Gasteiger partial charge in [0.15, 0.2) is 22.0 Å². The second-order valence-corrected chi connectivity index (χ2v) is 8.65. The molecule has 0 aliphatic heterocycles. The van der Waals surface area contributed by atoms with Crippen LogP contribution in [0.4, 0.5) is 5.82 Å². The van der Waals surface area contributed by atoms with Gasteiger partial charge in [0.05, 0.1) is 23.5 Å². The van der Waals surface area contributed by atoms with Crippen molar-refractivity contribution in [1.29, 1.82) is 0 Å². The van der Waals surface area contributed by atoms with Crippen LogP contribution in [0.1, 0.15) is 31.3 Å². The zero-order valence-corrected chi connectivity index (χ0v) is 18.9. The van der Waals surface area contributed by atoms with Gasteiger partial charge in [-0.25, -0.2) is 14.6 Å². The highest BCUT2D eigenvalue weighted by molar-refractivity contribution is 7.99. The van der Waals surface area contributed by atoms with E-state index < -0.39 is 5.91 Å². The molecule has 166 valence electrons. The van der Waals surface area contributed by atoms with Crippen LogP contribution in [0.5, 0.6) is 0 Å². The largest absolute Gasteiger partial charge is 0.451 e. The van der Waals surface area contributed by atoms with Crippen molar-refractivity contribution >= 4 is 45.5 Å². The number of para-hydroxylation sites is 1. The van der Waals surface area contributed by atoms with E-state index in [-0.39, 0.29) is 17.2 Å². The Hall–Kier alpha value is -3.40. The van der Waals surface area contributed by atoms with Crippen molar-refractivity contribution in [2.45, 2.75) is 38.5 Å². The minimum absolute atomic E-state index is 0.0219. The van der Waals surface area contributed by atoms with Gasteiger partial charge in [-0.05, 0) is 31.7 Å². The third kappa shape index (κ3) is 4.59. The van der Waals surface area contributed by atoms with Crippen molar-refractivity contribution in [3.63, 3.8) is 0 Å². The topological polar surface area (TPSA) is 115 Å². The van der Waals surface area contributed by atoms with Gasteiger partial charge in [-0.15, -0.1) is 0 Å². The number of anilines is 1. The molecule has 4 rings (SSSR count). The number of amides is 1. The van der Waals surface area contributed by atoms with Gasteiger partial charge in [0.2, 0.25) is 0 Å². The average molecular weight is 453 g/mol. The number of aromatic nitrogens is 4. The second-order valence-electron chi connectivity index (χ2n) is 7.42. The van der Waals surface area contributed by atoms with Gasteiger partial charge in [0.25, 0.3) is 5.91 Å². The molecule has 4 aromatic rings. The van der Waals surface area contributed by atoms with E-state index in [1.807, 2.05) is 20.8 Å². The molecule has 9 nitrogen and oxygen atoms in total. The maximum Gasteiger partial charge on any atom is 0.287 e. The maximum atomic E-state index is 12.5. The van der Waals surface area contributed by atoms with E-state index in [4.69, 9.17) is 4.42 Å². The third-order valence-electron chi connectivity index (χ3n) is 4.64. The number of nitrogens with one attached hydrogen (secondary N) is 2. The summed E-state index contributed by atoms with van der Waals surface area (Å²) in [6.45, 7) is 6.84. The summed E-state index contributed by atoms with van der Waals surface area (Å²) in [6, 6.07) is 8.27. The zero-order valence-electron chi connectivity index (χ0n) is 18.1. The number of nitrogens with zero attached hydrogens (tertiary/aromatic N) is 4. The molecule has 0 bridgehead atoms. The van der Waals surface area contributed by atoms with Crippen molar-refractivity contribution in [3.8, 4) is 0 Å². The van der Waals surface area contributed by atoms with Crippen molar-refractivity contribution < 1.29 is 9.21 Å². The molecule has 0 radical (unpaired) electrons. The van der Waals surface area contributed by atoms with E-state index in [2.05, 4.69) is 25.7 Å². The van der Waals surface area contributed by atoms with Gasteiger partial charge in [0.1, 0.15) is 11.4 Å². The van der Waals surface area contributed by atoms with Crippen molar-refractivity contribution in [3.05, 3.63) is 52.5 Å². The molecule has 1 amide bonds. The first-order valence-corrected chi connectivity index (χ1v) is 11.4. The molecule has 0 saturated carbocycles. The summed E-state index contributed by atoms with van der Waals surface area (Å²) in [5.74, 6) is 1.12. The predicted molar refractivity (Wildman–Crippen MR) is 125 cm³/mol. The summed E-state index contributed by atoms with van der Waals surface area (Å²) in [4.78, 5) is 34.0. The van der Waals surface area contributed by atoms with Crippen LogP contribution < -0.4 is 16.1 Å². The highest BCUT2D eigenvalue weighted by Crippen LogP contribution is 2.24. The minimum atomic E-state index is -0.455. The van der Waals surface area contributed by atoms with Gasteiger partial charge >= 0.3 is 0 Å². The number of rotatable bonds is 8. The monoisotopic (exact) mass is 452 g/mol. The number of carbonyl (C=O) groups excluding carboxylic acids is 1. The van der Waals surface area contributed by atoms with Crippen molar-refractivity contribution in [2.75, 3.05) is 17.6 Å². The first-order chi connectivity index (χ1) is 15.5. The molecule has 3 aromatic heterocycles. The Bertz CT molecular complexity index is 1330. The molecule has 3 heterocycles. The molecule has 32 heavy (non-hydrogen) atoms. The molecule has 0 fully saturated rings. The molecule has 0 atom stereocenters. The third-order valence-corrected chi connectivity index (χ3v) is 5.37. The highest BCUT2D eigenvalue weighted by Gasteiger charge is 2.15. The average Bonchev–Trinajstić information content (AvgIpc) is 3.17. The highest BCUT2D eigenvalue weighted by atomic mass is 32.2. The summed E-state index contributed by atoms with van der Waals surface area (Å²) in [5.41, 5.74) is 0.828. The van der Waals surface area contributed by atoms with Crippen LogP contribution in [0.3, 0.4) is 0 Å². The summed E-state index contributed by atoms with van der Waals surface area (Å²) >= 11 is 1.56. The van der Waals surface area contributed by atoms with Gasteiger partial charge in [-0.1, -0.05) is 30.8 Å². The Labute approximate surface area is 188 Å². The number of benzene rings is 1. The van der Waals surface area contributed by atoms with Gasteiger partial charge in [0, 0.05) is 18.7 Å². The summed E-state index contributed by atoms with van der Waals surface area (Å²) in [7, 11) is 0. The van der Waals surface area contributed by atoms with Crippen molar-refractivity contribution in [1.82, 2.24) is 25.1 Å². The first kappa shape index (κ1) is 21.8. The Morgan fingerprint density at radius 2 is 2.03 bits per heavy atom. The van der Waals surface area contributed by atoms with Crippen LogP contribution in [-0.4, -0.2) is 44.0 Å². The Morgan fingerprint density at radius 1 is 1.22 bits per heavy atom. The lowest BCUT2D eigenvalue weighted by Gasteiger charge is -2.11. The van der Waals surface area contributed by atoms with Crippen LogP contribution in [0.25, 0.3) is 22.0 Å².